The van der Waals surface area contributed by atoms with Crippen LogP contribution in [0.3, 0.4) is 0 Å². The molecule has 0 spiro atoms. The van der Waals surface area contributed by atoms with Gasteiger partial charge in [-0.2, -0.15) is 0 Å². The van der Waals surface area contributed by atoms with Crippen molar-refractivity contribution < 1.29 is 9.47 Å². The molecule has 2 N–H and O–H groups in total. The molecule has 7 heteroatoms. The number of methoxy groups -OCH3 is 1. The van der Waals surface area contributed by atoms with Gasteiger partial charge in [0.05, 0.1) is 26.4 Å². The second-order valence-electron chi connectivity index (χ2n) is 6.65. The van der Waals surface area contributed by atoms with E-state index in [9.17, 15) is 0 Å². The van der Waals surface area contributed by atoms with Crippen LogP contribution in [0.4, 0.5) is 0 Å². The highest BCUT2D eigenvalue weighted by molar-refractivity contribution is 7.09. The van der Waals surface area contributed by atoms with Gasteiger partial charge >= 0.3 is 0 Å². The van der Waals surface area contributed by atoms with Gasteiger partial charge in [0.1, 0.15) is 5.75 Å². The third-order valence-electron chi connectivity index (χ3n) is 4.92. The lowest BCUT2D eigenvalue weighted by Gasteiger charge is -2.35. The van der Waals surface area contributed by atoms with E-state index in [0.717, 1.165) is 57.5 Å². The molecular weight excluding hydrogens is 372 g/mol. The molecule has 0 bridgehead atoms. The van der Waals surface area contributed by atoms with Gasteiger partial charge in [-0.25, -0.2) is 0 Å². The Kier molecular flexibility index (Phi) is 8.14. The average molecular weight is 403 g/mol. The highest BCUT2D eigenvalue weighted by Gasteiger charge is 2.23. The molecule has 6 nitrogen and oxygen atoms in total. The number of nitrogens with zero attached hydrogens (tertiary/aromatic N) is 2. The molecule has 1 aromatic heterocycles. The summed E-state index contributed by atoms with van der Waals surface area (Å²) in [4.78, 5) is 8.23. The number of aliphatic imine (C=N–C) groups is 1. The standard InChI is InChI=1S/C21H30N4O2S/c1-22-21(23-10-9-19-4-3-15-28-19)24-16-20(25-11-13-27-14-12-25)17-5-7-18(26-2)8-6-17/h3-8,15,20H,9-14,16H2,1-2H3,(H2,22,23,24). The Balaban J connectivity index is 1.59. The zero-order valence-corrected chi connectivity index (χ0v) is 17.5. The quantitative estimate of drug-likeness (QED) is 0.525. The van der Waals surface area contributed by atoms with Gasteiger partial charge in [-0.15, -0.1) is 11.3 Å². The van der Waals surface area contributed by atoms with E-state index in [1.807, 2.05) is 19.2 Å². The molecule has 0 radical (unpaired) electrons. The largest absolute Gasteiger partial charge is 0.497 e. The number of benzene rings is 1. The first-order valence-corrected chi connectivity index (χ1v) is 10.6. The number of rotatable bonds is 8. The predicted molar refractivity (Wildman–Crippen MR) is 116 cm³/mol. The molecule has 0 aliphatic carbocycles. The second kappa shape index (κ2) is 11.0. The third-order valence-corrected chi connectivity index (χ3v) is 5.85. The van der Waals surface area contributed by atoms with Crippen molar-refractivity contribution in [2.24, 2.45) is 4.99 Å². The number of morpholine rings is 1. The van der Waals surface area contributed by atoms with Gasteiger partial charge in [0.15, 0.2) is 5.96 Å². The Hall–Kier alpha value is -2.09. The highest BCUT2D eigenvalue weighted by Crippen LogP contribution is 2.23. The van der Waals surface area contributed by atoms with Crippen molar-refractivity contribution in [3.63, 3.8) is 0 Å². The molecule has 1 aliphatic heterocycles. The lowest BCUT2D eigenvalue weighted by molar-refractivity contribution is 0.0170. The summed E-state index contributed by atoms with van der Waals surface area (Å²) in [5, 5.41) is 9.04. The summed E-state index contributed by atoms with van der Waals surface area (Å²) >= 11 is 1.79. The van der Waals surface area contributed by atoms with Gasteiger partial charge < -0.3 is 20.1 Å². The molecular formula is C21H30N4O2S. The van der Waals surface area contributed by atoms with E-state index in [-0.39, 0.29) is 6.04 Å². The van der Waals surface area contributed by atoms with Gasteiger partial charge in [-0.1, -0.05) is 18.2 Å². The molecule has 152 valence electrons. The Morgan fingerprint density at radius 1 is 1.21 bits per heavy atom. The van der Waals surface area contributed by atoms with Crippen LogP contribution in [-0.4, -0.2) is 64.4 Å². The van der Waals surface area contributed by atoms with E-state index in [1.54, 1.807) is 18.4 Å². The summed E-state index contributed by atoms with van der Waals surface area (Å²) in [5.74, 6) is 1.71. The zero-order valence-electron chi connectivity index (χ0n) is 16.7. The molecule has 0 amide bonds. The van der Waals surface area contributed by atoms with Crippen LogP contribution >= 0.6 is 11.3 Å². The van der Waals surface area contributed by atoms with E-state index < -0.39 is 0 Å². The highest BCUT2D eigenvalue weighted by atomic mass is 32.1. The van der Waals surface area contributed by atoms with E-state index >= 15 is 0 Å². The minimum Gasteiger partial charge on any atom is -0.497 e. The van der Waals surface area contributed by atoms with Crippen LogP contribution in [0.1, 0.15) is 16.5 Å². The molecule has 1 unspecified atom stereocenters. The van der Waals surface area contributed by atoms with Crippen molar-refractivity contribution in [3.8, 4) is 5.75 Å². The zero-order chi connectivity index (χ0) is 19.6. The second-order valence-corrected chi connectivity index (χ2v) is 7.68. The Morgan fingerprint density at radius 3 is 2.64 bits per heavy atom. The first kappa shape index (κ1) is 20.6. The fourth-order valence-electron chi connectivity index (χ4n) is 3.35. The van der Waals surface area contributed by atoms with Crippen molar-refractivity contribution in [1.29, 1.82) is 0 Å². The number of hydrogen-bond acceptors (Lipinski definition) is 5. The smallest absolute Gasteiger partial charge is 0.191 e. The first-order chi connectivity index (χ1) is 13.8. The van der Waals surface area contributed by atoms with Crippen LogP contribution < -0.4 is 15.4 Å². The molecule has 3 rings (SSSR count). The fourth-order valence-corrected chi connectivity index (χ4v) is 4.05. The van der Waals surface area contributed by atoms with E-state index in [2.05, 4.69) is 50.2 Å². The van der Waals surface area contributed by atoms with Crippen molar-refractivity contribution >= 4 is 17.3 Å². The van der Waals surface area contributed by atoms with Crippen LogP contribution in [0, 0.1) is 0 Å². The fraction of sp³-hybridized carbons (Fsp3) is 0.476. The number of thiophene rings is 1. The van der Waals surface area contributed by atoms with Crippen LogP contribution in [-0.2, 0) is 11.2 Å². The summed E-state index contributed by atoms with van der Waals surface area (Å²) in [6.45, 7) is 5.07. The molecule has 28 heavy (non-hydrogen) atoms. The molecule has 1 aromatic carbocycles. The summed E-state index contributed by atoms with van der Waals surface area (Å²) in [5.41, 5.74) is 1.27. The van der Waals surface area contributed by atoms with E-state index in [0.29, 0.717) is 0 Å². The average Bonchev–Trinajstić information content (AvgIpc) is 3.27. The Morgan fingerprint density at radius 2 is 2.00 bits per heavy atom. The number of hydrogen-bond donors (Lipinski definition) is 2. The molecule has 1 atom stereocenters. The summed E-state index contributed by atoms with van der Waals surface area (Å²) in [7, 11) is 3.51. The van der Waals surface area contributed by atoms with Gasteiger partial charge in [0.25, 0.3) is 0 Å². The Labute approximate surface area is 171 Å². The normalized spacial score (nSPS) is 16.6. The number of guanidine groups is 1. The predicted octanol–water partition coefficient (Wildman–Crippen LogP) is 2.54. The maximum Gasteiger partial charge on any atom is 0.191 e. The van der Waals surface area contributed by atoms with E-state index in [4.69, 9.17) is 9.47 Å². The summed E-state index contributed by atoms with van der Waals surface area (Å²) < 4.78 is 10.8. The molecule has 2 aromatic rings. The Bertz CT molecular complexity index is 713. The lowest BCUT2D eigenvalue weighted by Crippen LogP contribution is -2.46. The maximum absolute atomic E-state index is 5.54. The number of nitrogens with one attached hydrogen (secondary N) is 2. The SMILES string of the molecule is CN=C(NCCc1cccs1)NCC(c1ccc(OC)cc1)N1CCOCC1. The van der Waals surface area contributed by atoms with Gasteiger partial charge in [-0.3, -0.25) is 9.89 Å². The molecule has 2 heterocycles. The molecule has 1 aliphatic rings. The minimum atomic E-state index is 0.255. The van der Waals surface area contributed by atoms with Crippen molar-refractivity contribution in [2.75, 3.05) is 53.6 Å². The van der Waals surface area contributed by atoms with Crippen LogP contribution in [0.15, 0.2) is 46.8 Å². The lowest BCUT2D eigenvalue weighted by atomic mass is 10.0. The van der Waals surface area contributed by atoms with Crippen molar-refractivity contribution in [1.82, 2.24) is 15.5 Å². The van der Waals surface area contributed by atoms with Crippen LogP contribution in [0.25, 0.3) is 0 Å². The van der Waals surface area contributed by atoms with Gasteiger partial charge in [-0.05, 0) is 35.6 Å². The maximum atomic E-state index is 5.54. The van der Waals surface area contributed by atoms with Crippen LogP contribution in [0.5, 0.6) is 5.75 Å². The van der Waals surface area contributed by atoms with Crippen molar-refractivity contribution in [3.05, 3.63) is 52.2 Å². The molecule has 0 saturated carbocycles. The summed E-state index contributed by atoms with van der Waals surface area (Å²) in [6, 6.07) is 12.9. The van der Waals surface area contributed by atoms with Gasteiger partial charge in [0.2, 0.25) is 0 Å². The monoisotopic (exact) mass is 402 g/mol. The van der Waals surface area contributed by atoms with E-state index in [1.165, 1.54) is 10.4 Å². The van der Waals surface area contributed by atoms with Crippen molar-refractivity contribution in [2.45, 2.75) is 12.5 Å². The van der Waals surface area contributed by atoms with Crippen LogP contribution in [0.2, 0.25) is 0 Å². The first-order valence-electron chi connectivity index (χ1n) is 9.73. The topological polar surface area (TPSA) is 58.1 Å². The van der Waals surface area contributed by atoms with Gasteiger partial charge in [0, 0.05) is 38.1 Å². The molecule has 1 fully saturated rings. The number of ether oxygens (including phenoxy) is 2. The molecule has 1 saturated heterocycles. The third kappa shape index (κ3) is 5.95. The minimum absolute atomic E-state index is 0.255. The summed E-state index contributed by atoms with van der Waals surface area (Å²) in [6.07, 6.45) is 1.00.